The fourth-order valence-corrected chi connectivity index (χ4v) is 6.66. The number of esters is 1. The number of nitrogens with one attached hydrogen (secondary N) is 1. The summed E-state index contributed by atoms with van der Waals surface area (Å²) in [6, 6.07) is 10.0. The topological polar surface area (TPSA) is 120 Å². The summed E-state index contributed by atoms with van der Waals surface area (Å²) in [4.78, 5) is 42.3. The zero-order valence-electron chi connectivity index (χ0n) is 26.1. The number of aliphatic hydroxyl groups is 1. The molecule has 3 aliphatic heterocycles. The predicted octanol–water partition coefficient (Wildman–Crippen LogP) is 4.25. The summed E-state index contributed by atoms with van der Waals surface area (Å²) in [5.74, 6) is -1.29. The number of β-amino-alcohol motifs (C(OH)–C–C–N with tert-alkyl or cyclic N) is 1. The molecule has 3 aromatic rings. The van der Waals surface area contributed by atoms with Gasteiger partial charge in [-0.25, -0.2) is 14.0 Å². The number of fused-ring (bicyclic) bond motifs is 1. The average Bonchev–Trinajstić information content (AvgIpc) is 3.42. The van der Waals surface area contributed by atoms with E-state index in [0.29, 0.717) is 44.7 Å². The second-order valence-corrected chi connectivity index (χ2v) is 13.4. The zero-order chi connectivity index (χ0) is 31.9. The van der Waals surface area contributed by atoms with Crippen LogP contribution in [0, 0.1) is 5.82 Å². The van der Waals surface area contributed by atoms with E-state index in [1.165, 1.54) is 6.07 Å². The highest BCUT2D eigenvalue weighted by molar-refractivity contribution is 6.09. The van der Waals surface area contributed by atoms with E-state index in [2.05, 4.69) is 10.2 Å². The second-order valence-electron chi connectivity index (χ2n) is 13.4. The van der Waals surface area contributed by atoms with Gasteiger partial charge < -0.3 is 19.6 Å². The second kappa shape index (κ2) is 12.1. The third-order valence-electron chi connectivity index (χ3n) is 9.00. The summed E-state index contributed by atoms with van der Waals surface area (Å²) in [5.41, 5.74) is 0.781. The van der Waals surface area contributed by atoms with Crippen molar-refractivity contribution in [3.05, 3.63) is 54.0 Å². The molecule has 3 saturated heterocycles. The minimum Gasteiger partial charge on any atom is -0.456 e. The average molecular weight is 621 g/mol. The summed E-state index contributed by atoms with van der Waals surface area (Å²) in [6.07, 6.45) is 4.84. The Morgan fingerprint density at radius 3 is 2.47 bits per heavy atom. The molecular weight excluding hydrogens is 579 g/mol. The van der Waals surface area contributed by atoms with Crippen LogP contribution in [-0.2, 0) is 9.53 Å². The van der Waals surface area contributed by atoms with Gasteiger partial charge in [0.05, 0.1) is 40.3 Å². The van der Waals surface area contributed by atoms with E-state index < -0.39 is 29.0 Å². The maximum Gasteiger partial charge on any atom is 0.338 e. The molecule has 3 amide bonds. The first kappa shape index (κ1) is 31.0. The third-order valence-corrected chi connectivity index (χ3v) is 9.00. The highest BCUT2D eigenvalue weighted by Gasteiger charge is 2.36. The quantitative estimate of drug-likeness (QED) is 0.393. The lowest BCUT2D eigenvalue weighted by molar-refractivity contribution is -0.120. The summed E-state index contributed by atoms with van der Waals surface area (Å²) >= 11 is 0. The van der Waals surface area contributed by atoms with E-state index in [1.807, 2.05) is 27.8 Å². The van der Waals surface area contributed by atoms with Crippen LogP contribution in [0.25, 0.3) is 10.9 Å². The van der Waals surface area contributed by atoms with Gasteiger partial charge in [-0.15, -0.1) is 0 Å². The van der Waals surface area contributed by atoms with Crippen LogP contribution in [0.2, 0.25) is 0 Å². The van der Waals surface area contributed by atoms with E-state index >= 15 is 4.39 Å². The number of piperidine rings is 2. The zero-order valence-corrected chi connectivity index (χ0v) is 26.1. The largest absolute Gasteiger partial charge is 0.456 e. The Labute approximate surface area is 261 Å². The van der Waals surface area contributed by atoms with Crippen molar-refractivity contribution in [1.29, 1.82) is 0 Å². The van der Waals surface area contributed by atoms with Crippen LogP contribution in [0.5, 0.6) is 0 Å². The number of halogens is 1. The van der Waals surface area contributed by atoms with Gasteiger partial charge in [0, 0.05) is 51.1 Å². The smallest absolute Gasteiger partial charge is 0.338 e. The maximum atomic E-state index is 15.0. The number of nitrogens with zero attached hydrogens (tertiary/aromatic N) is 5. The van der Waals surface area contributed by atoms with Crippen molar-refractivity contribution in [2.75, 3.05) is 49.1 Å². The number of urea groups is 1. The molecule has 45 heavy (non-hydrogen) atoms. The lowest BCUT2D eigenvalue weighted by Crippen LogP contribution is -2.52. The van der Waals surface area contributed by atoms with Crippen LogP contribution in [0.3, 0.4) is 0 Å². The molecule has 0 unspecified atom stereocenters. The molecule has 3 fully saturated rings. The lowest BCUT2D eigenvalue weighted by Gasteiger charge is -2.43. The van der Waals surface area contributed by atoms with Crippen molar-refractivity contribution in [3.8, 4) is 0 Å². The fourth-order valence-electron chi connectivity index (χ4n) is 6.66. The molecule has 1 aromatic heterocycles. The molecule has 2 N–H and O–H groups in total. The van der Waals surface area contributed by atoms with E-state index in [-0.39, 0.29) is 23.9 Å². The Bertz CT molecular complexity index is 1600. The standard InChI is InChI=1S/C33H41FN6O5/c1-32(2,3)45-30(42)22-7-8-28(25(34)19-22)38-17-12-33(44,13-18-38)21-37-14-9-23(10-15-37)40-27-6-4-5-26(24(27)20-35-40)39-16-11-29(41)36-31(39)43/h4-8,19-20,23,44H,9-18,21H2,1-3H3,(H,36,41,43). The molecule has 240 valence electrons. The van der Waals surface area contributed by atoms with Crippen LogP contribution in [0.1, 0.15) is 69.3 Å². The van der Waals surface area contributed by atoms with Crippen molar-refractivity contribution in [3.63, 3.8) is 0 Å². The monoisotopic (exact) mass is 620 g/mol. The van der Waals surface area contributed by atoms with Crippen molar-refractivity contribution in [1.82, 2.24) is 20.0 Å². The Morgan fingerprint density at radius 2 is 1.80 bits per heavy atom. The molecule has 11 nitrogen and oxygen atoms in total. The van der Waals surface area contributed by atoms with Gasteiger partial charge in [-0.3, -0.25) is 19.7 Å². The summed E-state index contributed by atoms with van der Waals surface area (Å²) in [5, 5.41) is 19.4. The van der Waals surface area contributed by atoms with Crippen molar-refractivity contribution in [2.45, 2.75) is 70.1 Å². The molecular formula is C33H41FN6O5. The maximum absolute atomic E-state index is 15.0. The summed E-state index contributed by atoms with van der Waals surface area (Å²) in [7, 11) is 0. The molecule has 0 saturated carbocycles. The Kier molecular flexibility index (Phi) is 8.30. The fraction of sp³-hybridized carbons (Fsp3) is 0.515. The van der Waals surface area contributed by atoms with E-state index in [4.69, 9.17) is 9.84 Å². The minimum absolute atomic E-state index is 0.179. The van der Waals surface area contributed by atoms with Crippen LogP contribution in [-0.4, -0.2) is 88.2 Å². The van der Waals surface area contributed by atoms with Crippen LogP contribution < -0.4 is 15.1 Å². The number of aromatic nitrogens is 2. The van der Waals surface area contributed by atoms with Gasteiger partial charge >= 0.3 is 12.0 Å². The molecule has 0 bridgehead atoms. The number of carbonyl (C=O) groups excluding carboxylic acids is 3. The molecule has 3 aliphatic rings. The normalized spacial score (nSPS) is 20.0. The number of carbonyl (C=O) groups is 3. The van der Waals surface area contributed by atoms with Gasteiger partial charge in [0.15, 0.2) is 0 Å². The van der Waals surface area contributed by atoms with Crippen molar-refractivity contribution >= 4 is 40.2 Å². The van der Waals surface area contributed by atoms with Crippen LogP contribution in [0.15, 0.2) is 42.6 Å². The predicted molar refractivity (Wildman–Crippen MR) is 168 cm³/mol. The van der Waals surface area contributed by atoms with E-state index in [1.54, 1.807) is 44.0 Å². The van der Waals surface area contributed by atoms with E-state index in [9.17, 15) is 19.5 Å². The molecule has 0 aliphatic carbocycles. The molecule has 0 atom stereocenters. The number of likely N-dealkylation sites (tertiary alicyclic amines) is 1. The number of anilines is 2. The Morgan fingerprint density at radius 1 is 1.07 bits per heavy atom. The van der Waals surface area contributed by atoms with Crippen LogP contribution in [0.4, 0.5) is 20.6 Å². The highest BCUT2D eigenvalue weighted by Crippen LogP contribution is 2.34. The van der Waals surface area contributed by atoms with Crippen molar-refractivity contribution in [2.24, 2.45) is 0 Å². The van der Waals surface area contributed by atoms with Gasteiger partial charge in [-0.1, -0.05) is 6.07 Å². The molecule has 0 radical (unpaired) electrons. The first-order valence-electron chi connectivity index (χ1n) is 15.7. The number of hydrogen-bond donors (Lipinski definition) is 2. The number of rotatable bonds is 6. The van der Waals surface area contributed by atoms with Gasteiger partial charge in [-0.2, -0.15) is 5.10 Å². The lowest BCUT2D eigenvalue weighted by atomic mass is 9.89. The first-order valence-corrected chi connectivity index (χ1v) is 15.7. The summed E-state index contributed by atoms with van der Waals surface area (Å²) < 4.78 is 22.4. The number of ether oxygens (including phenoxy) is 1. The van der Waals surface area contributed by atoms with Gasteiger partial charge in [0.1, 0.15) is 11.4 Å². The third kappa shape index (κ3) is 6.67. The van der Waals surface area contributed by atoms with Gasteiger partial charge in [-0.05, 0) is 76.8 Å². The first-order chi connectivity index (χ1) is 21.4. The Balaban J connectivity index is 1.03. The van der Waals surface area contributed by atoms with Gasteiger partial charge in [0.2, 0.25) is 5.91 Å². The molecule has 12 heteroatoms. The molecule has 2 aromatic carbocycles. The number of imide groups is 1. The summed E-state index contributed by atoms with van der Waals surface area (Å²) in [6.45, 7) is 8.87. The molecule has 4 heterocycles. The Hall–Kier alpha value is -4.03. The number of benzene rings is 2. The minimum atomic E-state index is -0.861. The highest BCUT2D eigenvalue weighted by atomic mass is 19.1. The molecule has 6 rings (SSSR count). The number of amides is 3. The molecule has 0 spiro atoms. The SMILES string of the molecule is CC(C)(C)OC(=O)c1ccc(N2CCC(O)(CN3CCC(n4ncc5c(N6CCC(=O)NC6=O)cccc54)CC3)CC2)c(F)c1. The number of hydrogen-bond acceptors (Lipinski definition) is 8. The van der Waals surface area contributed by atoms with E-state index in [0.717, 1.165) is 42.5 Å². The van der Waals surface area contributed by atoms with Crippen LogP contribution >= 0.6 is 0 Å². The van der Waals surface area contributed by atoms with Gasteiger partial charge in [0.25, 0.3) is 0 Å². The van der Waals surface area contributed by atoms with Crippen molar-refractivity contribution < 1.29 is 28.6 Å².